The second-order valence-electron chi connectivity index (χ2n) is 5.88. The fraction of sp³-hybridized carbons (Fsp3) is 0.550. The van der Waals surface area contributed by atoms with Crippen molar-refractivity contribution in [3.8, 4) is 0 Å². The lowest BCUT2D eigenvalue weighted by Crippen LogP contribution is -2.22. The van der Waals surface area contributed by atoms with Crippen molar-refractivity contribution in [2.24, 2.45) is 0 Å². The van der Waals surface area contributed by atoms with Gasteiger partial charge in [0, 0.05) is 24.1 Å². The molecule has 0 aromatic rings. The number of carbonyl (C=O) groups is 3. The van der Waals surface area contributed by atoms with Gasteiger partial charge in [0.2, 0.25) is 0 Å². The summed E-state index contributed by atoms with van der Waals surface area (Å²) in [4.78, 5) is 31.3. The predicted molar refractivity (Wildman–Crippen MR) is 112 cm³/mol. The molecule has 0 rings (SSSR count). The molecule has 0 heterocycles. The van der Waals surface area contributed by atoms with Crippen LogP contribution in [-0.4, -0.2) is 107 Å². The van der Waals surface area contributed by atoms with E-state index in [1.165, 1.54) is 6.92 Å². The highest BCUT2D eigenvalue weighted by Crippen LogP contribution is 1.93. The normalized spacial score (nSPS) is 12.2. The quantitative estimate of drug-likeness (QED) is 0.0991. The van der Waals surface area contributed by atoms with Crippen LogP contribution >= 0.6 is 0 Å². The van der Waals surface area contributed by atoms with E-state index in [1.807, 2.05) is 0 Å². The van der Waals surface area contributed by atoms with Crippen molar-refractivity contribution in [1.82, 2.24) is 0 Å². The smallest absolute Gasteiger partial charge is 0.333 e. The summed E-state index contributed by atoms with van der Waals surface area (Å²) in [5.41, 5.74) is 0.273. The molecule has 3 unspecified atom stereocenters. The zero-order valence-corrected chi connectivity index (χ0v) is 18.1. The Kier molecular flexibility index (Phi) is 24.5. The van der Waals surface area contributed by atoms with Crippen LogP contribution in [-0.2, 0) is 28.6 Å². The number of hydrogen-bond donors (Lipinski definition) is 6. The molecule has 0 bridgehead atoms. The Morgan fingerprint density at radius 1 is 0.781 bits per heavy atom. The highest BCUT2D eigenvalue weighted by molar-refractivity contribution is 5.86. The first kappa shape index (κ1) is 34.0. The molecule has 32 heavy (non-hydrogen) atoms. The molecule has 0 aliphatic carbocycles. The molecule has 186 valence electrons. The van der Waals surface area contributed by atoms with Crippen LogP contribution < -0.4 is 0 Å². The van der Waals surface area contributed by atoms with Gasteiger partial charge in [-0.25, -0.2) is 14.4 Å². The molecule has 12 heteroatoms. The maximum absolute atomic E-state index is 10.6. The maximum Gasteiger partial charge on any atom is 0.333 e. The van der Waals surface area contributed by atoms with Gasteiger partial charge in [-0.2, -0.15) is 0 Å². The van der Waals surface area contributed by atoms with Gasteiger partial charge < -0.3 is 44.8 Å². The van der Waals surface area contributed by atoms with E-state index in [4.69, 9.17) is 30.6 Å². The fourth-order valence-corrected chi connectivity index (χ4v) is 1.08. The van der Waals surface area contributed by atoms with Crippen LogP contribution in [0.5, 0.6) is 0 Å². The molecule has 3 atom stereocenters. The fourth-order valence-electron chi connectivity index (χ4n) is 1.08. The largest absolute Gasteiger partial charge is 0.462 e. The molecule has 0 saturated heterocycles. The summed E-state index contributed by atoms with van der Waals surface area (Å²) in [5, 5.41) is 51.1. The number of rotatable bonds is 13. The molecule has 0 fully saturated rings. The van der Waals surface area contributed by atoms with Gasteiger partial charge in [0.1, 0.15) is 25.4 Å². The Bertz CT molecular complexity index is 559. The van der Waals surface area contributed by atoms with E-state index in [9.17, 15) is 14.4 Å². The van der Waals surface area contributed by atoms with Crippen LogP contribution in [0.1, 0.15) is 13.3 Å². The van der Waals surface area contributed by atoms with Gasteiger partial charge in [-0.1, -0.05) is 19.7 Å². The standard InChI is InChI=1S/2C7H12O4.C6H10O4/c1-5(2)7(10)11-4-6(9)3-8;1-2-7(10)11-4-3-6(9)5-8;1-2-6(9)10-4-5(8)3-7/h6,8-9H,1,3-4H2,2H3;2,6,8-9H,1,3-5H2;2,5,7-8H,1,3-4H2. The molecule has 0 aromatic heterocycles. The highest BCUT2D eigenvalue weighted by atomic mass is 16.5. The molecular formula is C20H34O12. The van der Waals surface area contributed by atoms with Crippen molar-refractivity contribution >= 4 is 17.9 Å². The second-order valence-corrected chi connectivity index (χ2v) is 5.88. The first-order chi connectivity index (χ1) is 15.0. The Morgan fingerprint density at radius 2 is 1.19 bits per heavy atom. The molecule has 6 N–H and O–H groups in total. The van der Waals surface area contributed by atoms with Gasteiger partial charge in [-0.3, -0.25) is 0 Å². The van der Waals surface area contributed by atoms with Gasteiger partial charge in [0.05, 0.1) is 32.5 Å². The summed E-state index contributed by atoms with van der Waals surface area (Å²) in [6.07, 6.45) is -0.527. The summed E-state index contributed by atoms with van der Waals surface area (Å²) >= 11 is 0. The lowest BCUT2D eigenvalue weighted by Gasteiger charge is -2.07. The van der Waals surface area contributed by atoms with Crippen LogP contribution in [0.15, 0.2) is 37.5 Å². The van der Waals surface area contributed by atoms with E-state index in [0.29, 0.717) is 0 Å². The van der Waals surface area contributed by atoms with E-state index in [2.05, 4.69) is 33.9 Å². The number of aliphatic hydroxyl groups excluding tert-OH is 6. The Morgan fingerprint density at radius 3 is 1.56 bits per heavy atom. The molecule has 0 aromatic carbocycles. The topological polar surface area (TPSA) is 200 Å². The molecule has 0 aliphatic heterocycles. The number of carbonyl (C=O) groups excluding carboxylic acids is 3. The molecule has 0 aliphatic rings. The number of hydrogen-bond acceptors (Lipinski definition) is 12. The minimum absolute atomic E-state index is 0.104. The van der Waals surface area contributed by atoms with E-state index in [0.717, 1.165) is 12.2 Å². The molecule has 0 spiro atoms. The van der Waals surface area contributed by atoms with Crippen LogP contribution in [0.25, 0.3) is 0 Å². The van der Waals surface area contributed by atoms with Crippen molar-refractivity contribution < 1.29 is 59.2 Å². The van der Waals surface area contributed by atoms with Gasteiger partial charge in [0.25, 0.3) is 0 Å². The zero-order chi connectivity index (χ0) is 25.5. The minimum Gasteiger partial charge on any atom is -0.462 e. The first-order valence-electron chi connectivity index (χ1n) is 9.26. The average molecular weight is 466 g/mol. The van der Waals surface area contributed by atoms with Gasteiger partial charge in [-0.05, 0) is 6.92 Å². The van der Waals surface area contributed by atoms with E-state index in [-0.39, 0.29) is 38.4 Å². The third kappa shape index (κ3) is 25.4. The molecular weight excluding hydrogens is 432 g/mol. The number of esters is 3. The summed E-state index contributed by atoms with van der Waals surface area (Å²) in [6.45, 7) is 9.76. The SMILES string of the molecule is C=C(C)C(=O)OCC(O)CO.C=CC(=O)OCC(O)CO.C=CC(=O)OCCC(O)CO. The lowest BCUT2D eigenvalue weighted by atomic mass is 10.3. The van der Waals surface area contributed by atoms with E-state index < -0.39 is 49.4 Å². The van der Waals surface area contributed by atoms with Crippen LogP contribution in [0.4, 0.5) is 0 Å². The van der Waals surface area contributed by atoms with Crippen molar-refractivity contribution in [3.05, 3.63) is 37.5 Å². The van der Waals surface area contributed by atoms with Gasteiger partial charge in [0.15, 0.2) is 0 Å². The van der Waals surface area contributed by atoms with Crippen molar-refractivity contribution in [3.63, 3.8) is 0 Å². The lowest BCUT2D eigenvalue weighted by molar-refractivity contribution is -0.143. The van der Waals surface area contributed by atoms with E-state index in [1.54, 1.807) is 0 Å². The Balaban J connectivity index is -0.000000395. The van der Waals surface area contributed by atoms with Gasteiger partial charge in [-0.15, -0.1) is 0 Å². The summed E-state index contributed by atoms with van der Waals surface area (Å²) in [5.74, 6) is -1.68. The zero-order valence-electron chi connectivity index (χ0n) is 18.1. The maximum atomic E-state index is 10.6. The molecule has 12 nitrogen and oxygen atoms in total. The Hall–Kier alpha value is -2.61. The van der Waals surface area contributed by atoms with Crippen LogP contribution in [0.3, 0.4) is 0 Å². The third-order valence-electron chi connectivity index (χ3n) is 2.83. The number of ether oxygens (including phenoxy) is 3. The second kappa shape index (κ2) is 23.1. The van der Waals surface area contributed by atoms with Crippen molar-refractivity contribution in [2.75, 3.05) is 39.6 Å². The molecule has 0 radical (unpaired) electrons. The number of aliphatic hydroxyl groups is 6. The summed E-state index contributed by atoms with van der Waals surface area (Å²) in [7, 11) is 0. The first-order valence-corrected chi connectivity index (χ1v) is 9.26. The van der Waals surface area contributed by atoms with E-state index >= 15 is 0 Å². The summed E-state index contributed by atoms with van der Waals surface area (Å²) in [6, 6.07) is 0. The van der Waals surface area contributed by atoms with Crippen molar-refractivity contribution in [1.29, 1.82) is 0 Å². The average Bonchev–Trinajstić information content (AvgIpc) is 2.80. The monoisotopic (exact) mass is 466 g/mol. The molecule has 0 saturated carbocycles. The van der Waals surface area contributed by atoms with Gasteiger partial charge >= 0.3 is 17.9 Å². The highest BCUT2D eigenvalue weighted by Gasteiger charge is 2.07. The van der Waals surface area contributed by atoms with Crippen molar-refractivity contribution in [2.45, 2.75) is 31.7 Å². The van der Waals surface area contributed by atoms with Crippen LogP contribution in [0, 0.1) is 0 Å². The summed E-state index contributed by atoms with van der Waals surface area (Å²) < 4.78 is 13.4. The van der Waals surface area contributed by atoms with Crippen LogP contribution in [0.2, 0.25) is 0 Å². The molecule has 0 amide bonds. The Labute approximate surface area is 186 Å². The predicted octanol–water partition coefficient (Wildman–Crippen LogP) is -2.01. The third-order valence-corrected chi connectivity index (χ3v) is 2.83. The minimum atomic E-state index is -1.00.